The van der Waals surface area contributed by atoms with Gasteiger partial charge in [0.15, 0.2) is 0 Å². The fraction of sp³-hybridized carbons (Fsp3) is 1.00. The Morgan fingerprint density at radius 2 is 1.81 bits per heavy atom. The lowest BCUT2D eigenvalue weighted by Crippen LogP contribution is -2.46. The van der Waals surface area contributed by atoms with Crippen molar-refractivity contribution in [2.24, 2.45) is 29.1 Å². The molecule has 0 aliphatic heterocycles. The minimum atomic E-state index is -0.0380. The van der Waals surface area contributed by atoms with Crippen molar-refractivity contribution in [3.8, 4) is 0 Å². The molecule has 0 spiro atoms. The van der Waals surface area contributed by atoms with E-state index in [1.807, 2.05) is 0 Å². The summed E-state index contributed by atoms with van der Waals surface area (Å²) < 4.78 is 0. The first-order valence-corrected chi connectivity index (χ1v) is 7.12. The normalized spacial score (nSPS) is 49.1. The summed E-state index contributed by atoms with van der Waals surface area (Å²) in [6.45, 7) is 9.46. The van der Waals surface area contributed by atoms with Crippen molar-refractivity contribution in [1.82, 2.24) is 0 Å². The van der Waals surface area contributed by atoms with Crippen molar-refractivity contribution >= 4 is 0 Å². The van der Waals surface area contributed by atoms with Crippen LogP contribution in [0.25, 0.3) is 0 Å². The minimum absolute atomic E-state index is 0.0380. The first-order valence-electron chi connectivity index (χ1n) is 7.12. The summed E-state index contributed by atoms with van der Waals surface area (Å²) in [7, 11) is 0. The van der Waals surface area contributed by atoms with Gasteiger partial charge in [-0.15, -0.1) is 0 Å². The first-order chi connectivity index (χ1) is 7.44. The van der Waals surface area contributed by atoms with E-state index in [9.17, 15) is 5.11 Å². The van der Waals surface area contributed by atoms with Gasteiger partial charge in [0.05, 0.1) is 6.10 Å². The Morgan fingerprint density at radius 3 is 2.44 bits per heavy atom. The number of hydrogen-bond acceptors (Lipinski definition) is 1. The van der Waals surface area contributed by atoms with Gasteiger partial charge < -0.3 is 5.11 Å². The standard InChI is InChI=1S/C15H28O/c1-10(2)12-5-7-15(4)8-6-14(16)11(3)13(15)9-12/h10-14,16H,5-9H2,1-4H3/t11-,12-,13+,14?,15+/m1/s1. The lowest BCUT2D eigenvalue weighted by Gasteiger charge is -2.52. The molecule has 0 aromatic heterocycles. The molecule has 0 radical (unpaired) electrons. The Balaban J connectivity index is 2.12. The summed E-state index contributed by atoms with van der Waals surface area (Å²) in [5, 5.41) is 10.1. The molecule has 1 N–H and O–H groups in total. The molecule has 2 aliphatic carbocycles. The molecule has 0 heterocycles. The van der Waals surface area contributed by atoms with E-state index in [-0.39, 0.29) is 6.10 Å². The van der Waals surface area contributed by atoms with Gasteiger partial charge in [-0.3, -0.25) is 0 Å². The molecule has 5 atom stereocenters. The van der Waals surface area contributed by atoms with Crippen LogP contribution in [0.2, 0.25) is 0 Å². The largest absolute Gasteiger partial charge is 0.393 e. The van der Waals surface area contributed by atoms with E-state index in [0.717, 1.165) is 24.2 Å². The summed E-state index contributed by atoms with van der Waals surface area (Å²) in [5.74, 6) is 2.99. The lowest BCUT2D eigenvalue weighted by atomic mass is 9.53. The zero-order valence-corrected chi connectivity index (χ0v) is 11.4. The van der Waals surface area contributed by atoms with Gasteiger partial charge in [0.25, 0.3) is 0 Å². The average Bonchev–Trinajstić information content (AvgIpc) is 2.24. The molecule has 1 heteroatoms. The van der Waals surface area contributed by atoms with Crippen LogP contribution in [-0.4, -0.2) is 11.2 Å². The molecule has 2 rings (SSSR count). The number of aliphatic hydroxyl groups is 1. The van der Waals surface area contributed by atoms with Crippen LogP contribution in [-0.2, 0) is 0 Å². The molecule has 0 amide bonds. The van der Waals surface area contributed by atoms with Crippen LogP contribution in [0.1, 0.15) is 59.8 Å². The molecular formula is C15H28O. The fourth-order valence-electron chi connectivity index (χ4n) is 4.20. The maximum atomic E-state index is 10.1. The highest BCUT2D eigenvalue weighted by Crippen LogP contribution is 2.54. The SMILES string of the molecule is CC(C)[C@@H]1CC[C@@]2(C)CCC(O)[C@H](C)[C@@H]2C1. The van der Waals surface area contributed by atoms with Gasteiger partial charge in [0, 0.05) is 0 Å². The zero-order chi connectivity index (χ0) is 11.9. The van der Waals surface area contributed by atoms with Crippen molar-refractivity contribution in [3.05, 3.63) is 0 Å². The van der Waals surface area contributed by atoms with E-state index in [4.69, 9.17) is 0 Å². The Bertz CT molecular complexity index is 248. The summed E-state index contributed by atoms with van der Waals surface area (Å²) in [6.07, 6.45) is 6.38. The van der Waals surface area contributed by atoms with Crippen LogP contribution in [0.5, 0.6) is 0 Å². The van der Waals surface area contributed by atoms with E-state index in [2.05, 4.69) is 27.7 Å². The molecule has 1 nitrogen and oxygen atoms in total. The molecule has 0 aromatic carbocycles. The Kier molecular flexibility index (Phi) is 3.36. The third-order valence-electron chi connectivity index (χ3n) is 5.73. The highest BCUT2D eigenvalue weighted by molar-refractivity contribution is 4.97. The second kappa shape index (κ2) is 4.33. The molecule has 0 saturated heterocycles. The van der Waals surface area contributed by atoms with Gasteiger partial charge in [0.2, 0.25) is 0 Å². The lowest BCUT2D eigenvalue weighted by molar-refractivity contribution is -0.0721. The Morgan fingerprint density at radius 1 is 1.19 bits per heavy atom. The molecule has 16 heavy (non-hydrogen) atoms. The third kappa shape index (κ3) is 2.03. The topological polar surface area (TPSA) is 20.2 Å². The van der Waals surface area contributed by atoms with Crippen molar-refractivity contribution in [1.29, 1.82) is 0 Å². The predicted molar refractivity (Wildman–Crippen MR) is 68.2 cm³/mol. The molecule has 94 valence electrons. The first kappa shape index (κ1) is 12.4. The highest BCUT2D eigenvalue weighted by Gasteiger charge is 2.47. The van der Waals surface area contributed by atoms with Crippen molar-refractivity contribution in [2.45, 2.75) is 65.9 Å². The number of rotatable bonds is 1. The van der Waals surface area contributed by atoms with E-state index in [1.54, 1.807) is 0 Å². The number of fused-ring (bicyclic) bond motifs is 1. The zero-order valence-electron chi connectivity index (χ0n) is 11.4. The van der Waals surface area contributed by atoms with Crippen LogP contribution < -0.4 is 0 Å². The second-order valence-electron chi connectivity index (χ2n) is 7.00. The van der Waals surface area contributed by atoms with Gasteiger partial charge in [-0.1, -0.05) is 27.7 Å². The molecule has 2 aliphatic rings. The van der Waals surface area contributed by atoms with Crippen LogP contribution >= 0.6 is 0 Å². The van der Waals surface area contributed by atoms with Gasteiger partial charge in [-0.2, -0.15) is 0 Å². The Hall–Kier alpha value is -0.0400. The van der Waals surface area contributed by atoms with E-state index < -0.39 is 0 Å². The van der Waals surface area contributed by atoms with Gasteiger partial charge in [-0.05, 0) is 61.2 Å². The van der Waals surface area contributed by atoms with Gasteiger partial charge in [-0.25, -0.2) is 0 Å². The monoisotopic (exact) mass is 224 g/mol. The quantitative estimate of drug-likeness (QED) is 0.717. The van der Waals surface area contributed by atoms with E-state index in [0.29, 0.717) is 11.3 Å². The average molecular weight is 224 g/mol. The van der Waals surface area contributed by atoms with Gasteiger partial charge >= 0.3 is 0 Å². The summed E-state index contributed by atoms with van der Waals surface area (Å²) in [6, 6.07) is 0. The number of aliphatic hydroxyl groups excluding tert-OH is 1. The van der Waals surface area contributed by atoms with Crippen molar-refractivity contribution in [3.63, 3.8) is 0 Å². The smallest absolute Gasteiger partial charge is 0.0568 e. The maximum Gasteiger partial charge on any atom is 0.0568 e. The molecule has 1 unspecified atom stereocenters. The summed E-state index contributed by atoms with van der Waals surface area (Å²) >= 11 is 0. The predicted octanol–water partition coefficient (Wildman–Crippen LogP) is 3.86. The van der Waals surface area contributed by atoms with Crippen LogP contribution in [0.3, 0.4) is 0 Å². The molecule has 2 fully saturated rings. The van der Waals surface area contributed by atoms with Crippen LogP contribution in [0.15, 0.2) is 0 Å². The van der Waals surface area contributed by atoms with Crippen LogP contribution in [0, 0.1) is 29.1 Å². The second-order valence-corrected chi connectivity index (χ2v) is 7.00. The molecule has 2 saturated carbocycles. The number of hydrogen-bond donors (Lipinski definition) is 1. The van der Waals surface area contributed by atoms with E-state index in [1.165, 1.54) is 25.7 Å². The molecule has 0 bridgehead atoms. The molecule has 0 aromatic rings. The summed E-state index contributed by atoms with van der Waals surface area (Å²) in [4.78, 5) is 0. The fourth-order valence-corrected chi connectivity index (χ4v) is 4.20. The highest BCUT2D eigenvalue weighted by atomic mass is 16.3. The van der Waals surface area contributed by atoms with Crippen molar-refractivity contribution < 1.29 is 5.11 Å². The van der Waals surface area contributed by atoms with Crippen molar-refractivity contribution in [2.75, 3.05) is 0 Å². The van der Waals surface area contributed by atoms with E-state index >= 15 is 0 Å². The Labute approximate surface area is 101 Å². The maximum absolute atomic E-state index is 10.1. The third-order valence-corrected chi connectivity index (χ3v) is 5.73. The van der Waals surface area contributed by atoms with Gasteiger partial charge in [0.1, 0.15) is 0 Å². The molecular weight excluding hydrogens is 196 g/mol. The van der Waals surface area contributed by atoms with Crippen LogP contribution in [0.4, 0.5) is 0 Å². The minimum Gasteiger partial charge on any atom is -0.393 e. The summed E-state index contributed by atoms with van der Waals surface area (Å²) in [5.41, 5.74) is 0.532.